The van der Waals surface area contributed by atoms with Gasteiger partial charge in [0.05, 0.1) is 13.1 Å². The predicted molar refractivity (Wildman–Crippen MR) is 77.5 cm³/mol. The number of carbonyl (C=O) groups is 2. The van der Waals surface area contributed by atoms with Crippen LogP contribution in [0.3, 0.4) is 0 Å². The summed E-state index contributed by atoms with van der Waals surface area (Å²) in [5, 5.41) is 5.07. The Bertz CT molecular complexity index is 651. The quantitative estimate of drug-likeness (QED) is 0.686. The lowest BCUT2D eigenvalue weighted by Gasteiger charge is -2.04. The van der Waals surface area contributed by atoms with Gasteiger partial charge in [-0.25, -0.2) is 4.98 Å². The zero-order chi connectivity index (χ0) is 15.2. The first kappa shape index (κ1) is 15.0. The average Bonchev–Trinajstić information content (AvgIpc) is 2.89. The van der Waals surface area contributed by atoms with E-state index in [1.807, 2.05) is 25.1 Å². The fourth-order valence-corrected chi connectivity index (χ4v) is 1.86. The molecule has 7 heteroatoms. The van der Waals surface area contributed by atoms with Crippen LogP contribution in [0.4, 0.5) is 0 Å². The van der Waals surface area contributed by atoms with Gasteiger partial charge in [0.2, 0.25) is 11.8 Å². The molecule has 1 heterocycles. The van der Waals surface area contributed by atoms with Crippen LogP contribution in [0, 0.1) is 6.92 Å². The van der Waals surface area contributed by atoms with Gasteiger partial charge in [0.1, 0.15) is 5.52 Å². The van der Waals surface area contributed by atoms with Crippen molar-refractivity contribution in [3.8, 4) is 0 Å². The van der Waals surface area contributed by atoms with E-state index in [-0.39, 0.29) is 24.9 Å². The van der Waals surface area contributed by atoms with Crippen LogP contribution in [0.5, 0.6) is 0 Å². The first-order chi connectivity index (χ1) is 10.1. The largest absolute Gasteiger partial charge is 0.441 e. The summed E-state index contributed by atoms with van der Waals surface area (Å²) in [4.78, 5) is 26.8. The molecule has 0 spiro atoms. The average molecular weight is 290 g/mol. The molecule has 21 heavy (non-hydrogen) atoms. The van der Waals surface area contributed by atoms with E-state index in [9.17, 15) is 9.59 Å². The highest BCUT2D eigenvalue weighted by Crippen LogP contribution is 2.18. The van der Waals surface area contributed by atoms with E-state index < -0.39 is 0 Å². The van der Waals surface area contributed by atoms with E-state index in [1.165, 1.54) is 0 Å². The minimum Gasteiger partial charge on any atom is -0.441 e. The number of nitrogens with two attached hydrogens (primary N) is 1. The minimum atomic E-state index is -0.362. The zero-order valence-corrected chi connectivity index (χ0v) is 11.8. The molecule has 1 aromatic heterocycles. The monoisotopic (exact) mass is 290 g/mol. The number of benzene rings is 1. The van der Waals surface area contributed by atoms with Crippen LogP contribution in [0.1, 0.15) is 11.5 Å². The molecule has 0 aliphatic carbocycles. The molecule has 0 aliphatic heterocycles. The molecule has 0 unspecified atom stereocenters. The van der Waals surface area contributed by atoms with Crippen LogP contribution in [0.2, 0.25) is 0 Å². The van der Waals surface area contributed by atoms with Gasteiger partial charge in [-0.3, -0.25) is 9.59 Å². The number of aromatic nitrogens is 1. The molecule has 0 fully saturated rings. The summed E-state index contributed by atoms with van der Waals surface area (Å²) in [6.07, 6.45) is 0.491. The van der Waals surface area contributed by atoms with Crippen molar-refractivity contribution in [2.45, 2.75) is 13.3 Å². The normalized spacial score (nSPS) is 10.6. The Morgan fingerprint density at radius 2 is 2.10 bits per heavy atom. The Morgan fingerprint density at radius 1 is 1.29 bits per heavy atom. The van der Waals surface area contributed by atoms with Crippen LogP contribution < -0.4 is 16.4 Å². The lowest BCUT2D eigenvalue weighted by Crippen LogP contribution is -2.40. The molecule has 2 aromatic rings. The van der Waals surface area contributed by atoms with E-state index in [0.717, 1.165) is 16.7 Å². The molecule has 0 atom stereocenters. The van der Waals surface area contributed by atoms with Crippen molar-refractivity contribution in [2.24, 2.45) is 5.73 Å². The maximum atomic E-state index is 11.5. The number of para-hydroxylation sites is 1. The van der Waals surface area contributed by atoms with Gasteiger partial charge < -0.3 is 20.8 Å². The number of amides is 2. The Kier molecular flexibility index (Phi) is 4.89. The molecule has 7 nitrogen and oxygen atoms in total. The predicted octanol–water partition coefficient (Wildman–Crippen LogP) is -0.130. The second-order valence-electron chi connectivity index (χ2n) is 4.61. The Labute approximate surface area is 121 Å². The first-order valence-electron chi connectivity index (χ1n) is 6.68. The van der Waals surface area contributed by atoms with Gasteiger partial charge in [-0.2, -0.15) is 0 Å². The van der Waals surface area contributed by atoms with Gasteiger partial charge in [-0.1, -0.05) is 12.1 Å². The van der Waals surface area contributed by atoms with Gasteiger partial charge in [-0.05, 0) is 18.6 Å². The van der Waals surface area contributed by atoms with E-state index >= 15 is 0 Å². The third kappa shape index (κ3) is 4.03. The summed E-state index contributed by atoms with van der Waals surface area (Å²) in [7, 11) is 0. The molecule has 1 aromatic carbocycles. The van der Waals surface area contributed by atoms with E-state index in [1.54, 1.807) is 0 Å². The molecular weight excluding hydrogens is 272 g/mol. The summed E-state index contributed by atoms with van der Waals surface area (Å²) in [6.45, 7) is 2.15. The molecule has 4 N–H and O–H groups in total. The number of carbonyl (C=O) groups excluding carboxylic acids is 2. The van der Waals surface area contributed by atoms with Crippen LogP contribution in [0.15, 0.2) is 22.6 Å². The number of hydrogen-bond acceptors (Lipinski definition) is 5. The first-order valence-corrected chi connectivity index (χ1v) is 6.68. The molecule has 0 saturated heterocycles. The summed E-state index contributed by atoms with van der Waals surface area (Å²) >= 11 is 0. The van der Waals surface area contributed by atoms with Crippen molar-refractivity contribution in [3.05, 3.63) is 29.7 Å². The molecule has 2 rings (SSSR count). The highest BCUT2D eigenvalue weighted by Gasteiger charge is 2.08. The Morgan fingerprint density at radius 3 is 2.81 bits per heavy atom. The highest BCUT2D eigenvalue weighted by atomic mass is 16.3. The summed E-state index contributed by atoms with van der Waals surface area (Å²) in [6, 6.07) is 5.74. The summed E-state index contributed by atoms with van der Waals surface area (Å²) in [5.74, 6) is -0.0609. The third-order valence-electron chi connectivity index (χ3n) is 2.96. The standard InChI is InChI=1S/C14H18N4O3/c1-9-3-2-4-10-14(9)18-13(21-10)5-6-16-12(20)8-17-11(19)7-15/h2-4H,5-8,15H2,1H3,(H,16,20)(H,17,19). The molecule has 0 bridgehead atoms. The van der Waals surface area contributed by atoms with Crippen LogP contribution in [-0.4, -0.2) is 36.4 Å². The Hall–Kier alpha value is -2.41. The van der Waals surface area contributed by atoms with Crippen molar-refractivity contribution in [3.63, 3.8) is 0 Å². The van der Waals surface area contributed by atoms with Crippen LogP contribution >= 0.6 is 0 Å². The molecule has 2 amide bonds. The van der Waals surface area contributed by atoms with Gasteiger partial charge in [-0.15, -0.1) is 0 Å². The van der Waals surface area contributed by atoms with Gasteiger partial charge in [0.25, 0.3) is 0 Å². The number of nitrogens with zero attached hydrogens (tertiary/aromatic N) is 1. The topological polar surface area (TPSA) is 110 Å². The van der Waals surface area contributed by atoms with Crippen LogP contribution in [0.25, 0.3) is 11.1 Å². The fraction of sp³-hybridized carbons (Fsp3) is 0.357. The van der Waals surface area contributed by atoms with E-state index in [2.05, 4.69) is 15.6 Å². The molecule has 0 radical (unpaired) electrons. The minimum absolute atomic E-state index is 0.0807. The van der Waals surface area contributed by atoms with Crippen molar-refractivity contribution >= 4 is 22.9 Å². The molecular formula is C14H18N4O3. The number of hydrogen-bond donors (Lipinski definition) is 3. The van der Waals surface area contributed by atoms with Gasteiger partial charge in [0.15, 0.2) is 11.5 Å². The second-order valence-corrected chi connectivity index (χ2v) is 4.61. The smallest absolute Gasteiger partial charge is 0.239 e. The number of nitrogens with one attached hydrogen (secondary N) is 2. The fourth-order valence-electron chi connectivity index (χ4n) is 1.86. The number of oxazole rings is 1. The summed E-state index contributed by atoms with van der Waals surface area (Å²) in [5.41, 5.74) is 7.75. The SMILES string of the molecule is Cc1cccc2oc(CCNC(=O)CNC(=O)CN)nc12. The van der Waals surface area contributed by atoms with Crippen molar-refractivity contribution in [1.29, 1.82) is 0 Å². The van der Waals surface area contributed by atoms with Crippen LogP contribution in [-0.2, 0) is 16.0 Å². The van der Waals surface area contributed by atoms with Crippen molar-refractivity contribution in [1.82, 2.24) is 15.6 Å². The number of fused-ring (bicyclic) bond motifs is 1. The summed E-state index contributed by atoms with van der Waals surface area (Å²) < 4.78 is 5.60. The molecule has 0 aliphatic rings. The van der Waals surface area contributed by atoms with Crippen molar-refractivity contribution in [2.75, 3.05) is 19.6 Å². The molecule has 112 valence electrons. The second kappa shape index (κ2) is 6.85. The lowest BCUT2D eigenvalue weighted by atomic mass is 10.2. The number of aryl methyl sites for hydroxylation is 1. The maximum Gasteiger partial charge on any atom is 0.239 e. The maximum absolute atomic E-state index is 11.5. The van der Waals surface area contributed by atoms with Crippen molar-refractivity contribution < 1.29 is 14.0 Å². The number of rotatable bonds is 6. The zero-order valence-electron chi connectivity index (χ0n) is 11.8. The van der Waals surface area contributed by atoms with Gasteiger partial charge >= 0.3 is 0 Å². The van der Waals surface area contributed by atoms with E-state index in [0.29, 0.717) is 18.9 Å². The highest BCUT2D eigenvalue weighted by molar-refractivity contribution is 5.85. The lowest BCUT2D eigenvalue weighted by molar-refractivity contribution is -0.125. The van der Waals surface area contributed by atoms with Gasteiger partial charge in [0, 0.05) is 13.0 Å². The third-order valence-corrected chi connectivity index (χ3v) is 2.96. The Balaban J connectivity index is 1.81. The molecule has 0 saturated carbocycles. The van der Waals surface area contributed by atoms with E-state index in [4.69, 9.17) is 10.2 Å².